The van der Waals surface area contributed by atoms with E-state index in [-0.39, 0.29) is 23.8 Å². The summed E-state index contributed by atoms with van der Waals surface area (Å²) in [5.74, 6) is -1.71. The van der Waals surface area contributed by atoms with Crippen LogP contribution in [-0.4, -0.2) is 16.1 Å². The molecule has 2 aromatic rings. The molecule has 0 aromatic heterocycles. The Morgan fingerprint density at radius 3 is 2.45 bits per heavy atom. The Morgan fingerprint density at radius 1 is 1.09 bits per heavy atom. The zero-order valence-corrected chi connectivity index (χ0v) is 11.9. The summed E-state index contributed by atoms with van der Waals surface area (Å²) in [6.07, 6.45) is 0.172. The third-order valence-electron chi connectivity index (χ3n) is 3.26. The summed E-state index contributed by atoms with van der Waals surface area (Å²) in [5.41, 5.74) is 1.56. The Bertz CT molecular complexity index is 693. The van der Waals surface area contributed by atoms with Gasteiger partial charge in [-0.1, -0.05) is 36.4 Å². The molecule has 22 heavy (non-hydrogen) atoms. The fraction of sp³-hybridized carbons (Fsp3) is 0.176. The maximum atomic E-state index is 12.1. The Hall–Kier alpha value is -3.00. The molecule has 0 aliphatic carbocycles. The van der Waals surface area contributed by atoms with Gasteiger partial charge in [0.25, 0.3) is 0 Å². The number of carbonyl (C=O) groups is 1. The first-order chi connectivity index (χ1) is 10.6. The van der Waals surface area contributed by atoms with Crippen molar-refractivity contribution in [2.24, 2.45) is 5.92 Å². The van der Waals surface area contributed by atoms with Crippen molar-refractivity contribution in [3.63, 3.8) is 0 Å². The van der Waals surface area contributed by atoms with Gasteiger partial charge in [-0.3, -0.25) is 4.79 Å². The van der Waals surface area contributed by atoms with Gasteiger partial charge in [-0.05, 0) is 29.7 Å². The number of phenols is 2. The molecule has 0 radical (unpaired) electrons. The molecule has 5 nitrogen and oxygen atoms in total. The van der Waals surface area contributed by atoms with Crippen LogP contribution in [0.25, 0.3) is 0 Å². The minimum absolute atomic E-state index is 0.172. The molecule has 0 saturated heterocycles. The number of carbonyl (C=O) groups excluding carboxylic acids is 1. The lowest BCUT2D eigenvalue weighted by Gasteiger charge is -2.11. The number of aromatic hydroxyl groups is 2. The Morgan fingerprint density at radius 2 is 1.82 bits per heavy atom. The van der Waals surface area contributed by atoms with Gasteiger partial charge in [-0.25, -0.2) is 0 Å². The number of amides is 1. The van der Waals surface area contributed by atoms with Gasteiger partial charge in [0.2, 0.25) is 5.91 Å². The van der Waals surface area contributed by atoms with Crippen LogP contribution in [0.5, 0.6) is 11.5 Å². The van der Waals surface area contributed by atoms with Gasteiger partial charge in [0, 0.05) is 6.54 Å². The summed E-state index contributed by atoms with van der Waals surface area (Å²) >= 11 is 0. The Labute approximate surface area is 128 Å². The van der Waals surface area contributed by atoms with E-state index in [1.54, 1.807) is 6.07 Å². The van der Waals surface area contributed by atoms with Gasteiger partial charge >= 0.3 is 0 Å². The number of rotatable bonds is 5. The second-order valence-electron chi connectivity index (χ2n) is 4.91. The van der Waals surface area contributed by atoms with Crippen LogP contribution in [0.4, 0.5) is 0 Å². The van der Waals surface area contributed by atoms with E-state index in [1.807, 2.05) is 36.4 Å². The highest BCUT2D eigenvalue weighted by atomic mass is 16.3. The first kappa shape index (κ1) is 15.4. The molecule has 0 aliphatic heterocycles. The second kappa shape index (κ2) is 7.14. The van der Waals surface area contributed by atoms with Crippen LogP contribution in [0.3, 0.4) is 0 Å². The summed E-state index contributed by atoms with van der Waals surface area (Å²) < 4.78 is 0. The molecule has 5 heteroatoms. The fourth-order valence-corrected chi connectivity index (χ4v) is 2.04. The number of nitriles is 1. The minimum Gasteiger partial charge on any atom is -0.504 e. The highest BCUT2D eigenvalue weighted by Gasteiger charge is 2.18. The molecule has 0 saturated carbocycles. The highest BCUT2D eigenvalue weighted by molar-refractivity contribution is 5.81. The van der Waals surface area contributed by atoms with E-state index in [0.717, 1.165) is 5.56 Å². The lowest BCUT2D eigenvalue weighted by atomic mass is 9.99. The van der Waals surface area contributed by atoms with Crippen molar-refractivity contribution in [1.82, 2.24) is 5.32 Å². The van der Waals surface area contributed by atoms with Crippen molar-refractivity contribution in [3.8, 4) is 17.6 Å². The lowest BCUT2D eigenvalue weighted by Crippen LogP contribution is -2.30. The van der Waals surface area contributed by atoms with Crippen molar-refractivity contribution >= 4 is 5.91 Å². The van der Waals surface area contributed by atoms with E-state index in [9.17, 15) is 15.0 Å². The first-order valence-corrected chi connectivity index (χ1v) is 6.82. The van der Waals surface area contributed by atoms with Crippen LogP contribution in [0, 0.1) is 17.2 Å². The summed E-state index contributed by atoms with van der Waals surface area (Å²) in [6.45, 7) is 0.360. The molecule has 0 fully saturated rings. The first-order valence-electron chi connectivity index (χ1n) is 6.82. The predicted molar refractivity (Wildman–Crippen MR) is 80.9 cm³/mol. The molecule has 0 aliphatic rings. The van der Waals surface area contributed by atoms with Crippen LogP contribution in [0.15, 0.2) is 48.5 Å². The average Bonchev–Trinajstić information content (AvgIpc) is 2.54. The van der Waals surface area contributed by atoms with Crippen LogP contribution in [0.2, 0.25) is 0 Å². The zero-order valence-electron chi connectivity index (χ0n) is 11.9. The van der Waals surface area contributed by atoms with Crippen LogP contribution in [-0.2, 0) is 17.8 Å². The Balaban J connectivity index is 1.97. The molecule has 3 N–H and O–H groups in total. The summed E-state index contributed by atoms with van der Waals surface area (Å²) in [6, 6.07) is 15.6. The number of nitrogens with one attached hydrogen (secondary N) is 1. The van der Waals surface area contributed by atoms with Crippen molar-refractivity contribution in [2.75, 3.05) is 0 Å². The molecular weight excluding hydrogens is 280 g/mol. The molecule has 0 heterocycles. The van der Waals surface area contributed by atoms with Gasteiger partial charge in [-0.15, -0.1) is 0 Å². The van der Waals surface area contributed by atoms with Crippen LogP contribution in [0.1, 0.15) is 11.1 Å². The number of benzene rings is 2. The summed E-state index contributed by atoms with van der Waals surface area (Å²) in [4.78, 5) is 12.1. The van der Waals surface area contributed by atoms with Crippen molar-refractivity contribution < 1.29 is 15.0 Å². The van der Waals surface area contributed by atoms with Crippen molar-refractivity contribution in [3.05, 3.63) is 59.7 Å². The quantitative estimate of drug-likeness (QED) is 0.736. The molecule has 1 atom stereocenters. The second-order valence-corrected chi connectivity index (χ2v) is 4.91. The zero-order chi connectivity index (χ0) is 15.9. The number of hydrogen-bond acceptors (Lipinski definition) is 4. The molecule has 112 valence electrons. The van der Waals surface area contributed by atoms with Gasteiger partial charge in [0.05, 0.1) is 6.07 Å². The standard InChI is InChI=1S/C17H16N2O3/c18-10-14(8-13-6-7-15(20)16(21)9-13)17(22)19-11-12-4-2-1-3-5-12/h1-7,9,14,20-21H,8,11H2,(H,19,22). The topological polar surface area (TPSA) is 93.3 Å². The van der Waals surface area contributed by atoms with E-state index in [1.165, 1.54) is 12.1 Å². The fourth-order valence-electron chi connectivity index (χ4n) is 2.04. The Kier molecular flexibility index (Phi) is 4.99. The summed E-state index contributed by atoms with van der Waals surface area (Å²) in [7, 11) is 0. The van der Waals surface area contributed by atoms with Gasteiger partial charge in [-0.2, -0.15) is 5.26 Å². The number of phenolic OH excluding ortho intramolecular Hbond substituents is 2. The SMILES string of the molecule is N#CC(Cc1ccc(O)c(O)c1)C(=O)NCc1ccccc1. The monoisotopic (exact) mass is 296 g/mol. The molecule has 0 bridgehead atoms. The maximum Gasteiger partial charge on any atom is 0.237 e. The smallest absolute Gasteiger partial charge is 0.237 e. The van der Waals surface area contributed by atoms with E-state index in [2.05, 4.69) is 5.32 Å². The number of nitrogens with zero attached hydrogens (tertiary/aromatic N) is 1. The molecule has 2 aromatic carbocycles. The van der Waals surface area contributed by atoms with Crippen LogP contribution >= 0.6 is 0 Å². The van der Waals surface area contributed by atoms with Crippen molar-refractivity contribution in [2.45, 2.75) is 13.0 Å². The van der Waals surface area contributed by atoms with Gasteiger partial charge in [0.1, 0.15) is 5.92 Å². The minimum atomic E-state index is -0.854. The maximum absolute atomic E-state index is 12.1. The molecule has 1 amide bonds. The summed E-state index contributed by atoms with van der Waals surface area (Å²) in [5, 5.41) is 30.6. The molecule has 0 spiro atoms. The lowest BCUT2D eigenvalue weighted by molar-refractivity contribution is -0.123. The van der Waals surface area contributed by atoms with E-state index in [4.69, 9.17) is 5.26 Å². The van der Waals surface area contributed by atoms with Crippen LogP contribution < -0.4 is 5.32 Å². The van der Waals surface area contributed by atoms with Gasteiger partial charge in [0.15, 0.2) is 11.5 Å². The molecular formula is C17H16N2O3. The van der Waals surface area contributed by atoms with E-state index >= 15 is 0 Å². The van der Waals surface area contributed by atoms with Crippen molar-refractivity contribution in [1.29, 1.82) is 5.26 Å². The van der Waals surface area contributed by atoms with E-state index < -0.39 is 5.92 Å². The largest absolute Gasteiger partial charge is 0.504 e. The van der Waals surface area contributed by atoms with E-state index in [0.29, 0.717) is 12.1 Å². The number of hydrogen-bond donors (Lipinski definition) is 3. The normalized spacial score (nSPS) is 11.4. The van der Waals surface area contributed by atoms with Gasteiger partial charge < -0.3 is 15.5 Å². The average molecular weight is 296 g/mol. The molecule has 2 rings (SSSR count). The third-order valence-corrected chi connectivity index (χ3v) is 3.26. The third kappa shape index (κ3) is 4.00. The molecule has 1 unspecified atom stereocenters. The highest BCUT2D eigenvalue weighted by Crippen LogP contribution is 2.26. The predicted octanol–water partition coefficient (Wildman–Crippen LogP) is 2.10.